The summed E-state index contributed by atoms with van der Waals surface area (Å²) in [5.41, 5.74) is -0.208. The lowest BCUT2D eigenvalue weighted by atomic mass is 10.0. The predicted octanol–water partition coefficient (Wildman–Crippen LogP) is 3.17. The fraction of sp³-hybridized carbons (Fsp3) is 0.714. The molecular weight excluding hydrogens is 506 g/mol. The van der Waals surface area contributed by atoms with Gasteiger partial charge in [-0.25, -0.2) is 9.59 Å². The second kappa shape index (κ2) is 13.3. The van der Waals surface area contributed by atoms with E-state index in [1.807, 2.05) is 13.0 Å². The molecule has 1 spiro atoms. The number of carboxylic acids is 2. The number of halogens is 6. The number of rotatable bonds is 3. The number of aryl methyl sites for hydroxylation is 1. The summed E-state index contributed by atoms with van der Waals surface area (Å²) in [5, 5.41) is 14.2. The Bertz CT molecular complexity index is 819. The summed E-state index contributed by atoms with van der Waals surface area (Å²) >= 11 is 0. The second-order valence-corrected chi connectivity index (χ2v) is 8.48. The minimum atomic E-state index is -5.08. The van der Waals surface area contributed by atoms with Gasteiger partial charge in [-0.05, 0) is 32.9 Å². The molecule has 1 aromatic rings. The first kappa shape index (κ1) is 31.7. The molecule has 36 heavy (non-hydrogen) atoms. The molecule has 15 heteroatoms. The molecule has 3 rings (SSSR count). The van der Waals surface area contributed by atoms with Crippen LogP contribution in [0, 0.1) is 6.92 Å². The van der Waals surface area contributed by atoms with E-state index in [1.54, 1.807) is 0 Å². The molecule has 0 saturated carbocycles. The maximum atomic E-state index is 10.6. The van der Waals surface area contributed by atoms with Crippen molar-refractivity contribution in [2.45, 2.75) is 51.3 Å². The summed E-state index contributed by atoms with van der Waals surface area (Å²) in [5.74, 6) is -3.51. The summed E-state index contributed by atoms with van der Waals surface area (Å²) in [6.45, 7) is 13.3. The third-order valence-corrected chi connectivity index (χ3v) is 5.10. The molecule has 9 nitrogen and oxygen atoms in total. The number of morpholine rings is 1. The summed E-state index contributed by atoms with van der Waals surface area (Å²) in [7, 11) is 0. The van der Waals surface area contributed by atoms with Crippen LogP contribution in [0.2, 0.25) is 0 Å². The van der Waals surface area contributed by atoms with Crippen molar-refractivity contribution in [3.05, 3.63) is 23.7 Å². The molecule has 2 aliphatic rings. The Morgan fingerprint density at radius 1 is 1.00 bits per heavy atom. The van der Waals surface area contributed by atoms with Crippen LogP contribution in [0.4, 0.5) is 26.3 Å². The molecule has 0 radical (unpaired) electrons. The highest BCUT2D eigenvalue weighted by molar-refractivity contribution is 5.73. The lowest BCUT2D eigenvalue weighted by Crippen LogP contribution is -2.59. The highest BCUT2D eigenvalue weighted by Gasteiger charge is 2.41. The molecule has 2 fully saturated rings. The van der Waals surface area contributed by atoms with Crippen LogP contribution in [0.1, 0.15) is 25.4 Å². The fourth-order valence-electron chi connectivity index (χ4n) is 3.41. The Labute approximate surface area is 203 Å². The van der Waals surface area contributed by atoms with Crippen molar-refractivity contribution < 1.29 is 60.0 Å². The molecule has 1 atom stereocenters. The molecular formula is C21H30F6N2O7. The van der Waals surface area contributed by atoms with Crippen LogP contribution in [0.3, 0.4) is 0 Å². The zero-order valence-electron chi connectivity index (χ0n) is 20.0. The Kier molecular flexibility index (Phi) is 11.7. The van der Waals surface area contributed by atoms with Crippen LogP contribution in [-0.4, -0.2) is 102 Å². The first-order valence-electron chi connectivity index (χ1n) is 10.8. The van der Waals surface area contributed by atoms with Gasteiger partial charge in [0.1, 0.15) is 17.1 Å². The van der Waals surface area contributed by atoms with E-state index < -0.39 is 24.3 Å². The Morgan fingerprint density at radius 2 is 1.56 bits per heavy atom. The van der Waals surface area contributed by atoms with Gasteiger partial charge in [-0.15, -0.1) is 0 Å². The van der Waals surface area contributed by atoms with Gasteiger partial charge in [0.15, 0.2) is 0 Å². The Morgan fingerprint density at radius 3 is 2.00 bits per heavy atom. The van der Waals surface area contributed by atoms with Gasteiger partial charge >= 0.3 is 24.3 Å². The van der Waals surface area contributed by atoms with Gasteiger partial charge in [-0.3, -0.25) is 9.80 Å². The number of hydrogen-bond acceptors (Lipinski definition) is 7. The maximum absolute atomic E-state index is 10.6. The van der Waals surface area contributed by atoms with Gasteiger partial charge in [0, 0.05) is 32.2 Å². The first-order chi connectivity index (χ1) is 16.4. The fourth-order valence-corrected chi connectivity index (χ4v) is 3.41. The second-order valence-electron chi connectivity index (χ2n) is 8.48. The number of alkyl halides is 6. The number of nitrogens with zero attached hydrogens (tertiary/aromatic N) is 2. The van der Waals surface area contributed by atoms with Gasteiger partial charge in [0.05, 0.1) is 26.4 Å². The zero-order valence-corrected chi connectivity index (χ0v) is 20.0. The lowest BCUT2D eigenvalue weighted by molar-refractivity contribution is -0.193. The number of furan rings is 1. The van der Waals surface area contributed by atoms with Crippen molar-refractivity contribution in [2.24, 2.45) is 0 Å². The lowest BCUT2D eigenvalue weighted by Gasteiger charge is -2.43. The monoisotopic (exact) mass is 536 g/mol. The van der Waals surface area contributed by atoms with Crippen LogP contribution in [0.15, 0.2) is 16.5 Å². The van der Waals surface area contributed by atoms with E-state index in [4.69, 9.17) is 33.7 Å². The molecule has 2 saturated heterocycles. The van der Waals surface area contributed by atoms with Crippen LogP contribution in [0.5, 0.6) is 0 Å². The van der Waals surface area contributed by atoms with Crippen LogP contribution < -0.4 is 0 Å². The van der Waals surface area contributed by atoms with Crippen molar-refractivity contribution in [3.63, 3.8) is 0 Å². The van der Waals surface area contributed by atoms with Gasteiger partial charge in [0.2, 0.25) is 0 Å². The molecule has 2 N–H and O–H groups in total. The average molecular weight is 536 g/mol. The third kappa shape index (κ3) is 11.1. The summed E-state index contributed by atoms with van der Waals surface area (Å²) in [6.07, 6.45) is -10.2. The Hall–Kier alpha value is -2.36. The van der Waals surface area contributed by atoms with E-state index in [1.165, 1.54) is 0 Å². The van der Waals surface area contributed by atoms with Crippen molar-refractivity contribution in [1.82, 2.24) is 9.80 Å². The molecule has 2 aliphatic heterocycles. The molecule has 3 heterocycles. The summed E-state index contributed by atoms with van der Waals surface area (Å²) in [4.78, 5) is 22.7. The summed E-state index contributed by atoms with van der Waals surface area (Å²) in [6, 6.07) is 4.62. The largest absolute Gasteiger partial charge is 0.490 e. The number of hydrogen-bond donors (Lipinski definition) is 2. The molecule has 1 unspecified atom stereocenters. The Balaban J connectivity index is 0.000000383. The number of carboxylic acid groups (broad SMARTS) is 2. The van der Waals surface area contributed by atoms with Gasteiger partial charge < -0.3 is 24.1 Å². The van der Waals surface area contributed by atoms with Crippen molar-refractivity contribution in [2.75, 3.05) is 46.0 Å². The smallest absolute Gasteiger partial charge is 0.475 e. The quantitative estimate of drug-likeness (QED) is 0.563. The highest BCUT2D eigenvalue weighted by atomic mass is 19.4. The molecule has 208 valence electrons. The maximum Gasteiger partial charge on any atom is 0.490 e. The third-order valence-electron chi connectivity index (χ3n) is 5.10. The number of ether oxygens (including phenoxy) is 2. The highest BCUT2D eigenvalue weighted by Crippen LogP contribution is 2.25. The van der Waals surface area contributed by atoms with Gasteiger partial charge in [-0.1, -0.05) is 0 Å². The SMILES string of the molecule is Cc1ccc(CN2CCOC3(COCCN(C(C)C)C3)C2)o1.O=C(O)C(F)(F)F.O=C(O)C(F)(F)F. The van der Waals surface area contributed by atoms with Crippen LogP contribution in [-0.2, 0) is 25.6 Å². The minimum Gasteiger partial charge on any atom is -0.475 e. The number of carbonyl (C=O) groups is 2. The first-order valence-corrected chi connectivity index (χ1v) is 10.8. The molecule has 0 amide bonds. The molecule has 0 aliphatic carbocycles. The number of aliphatic carboxylic acids is 2. The minimum absolute atomic E-state index is 0.208. The molecule has 0 aromatic carbocycles. The van der Waals surface area contributed by atoms with Gasteiger partial charge in [-0.2, -0.15) is 26.3 Å². The standard InChI is InChI=1S/C17H28N2O3.2C2HF3O2/c1-14(2)19-7-8-20-13-17(12-19)11-18(6-9-21-17)10-16-5-4-15(3)22-16;2*3-2(4,5)1(6)7/h4-5,14H,6-13H2,1-3H3;2*(H,6,7). The average Bonchev–Trinajstić information content (AvgIpc) is 3.03. The van der Waals surface area contributed by atoms with Crippen molar-refractivity contribution in [1.29, 1.82) is 0 Å². The molecule has 0 bridgehead atoms. The van der Waals surface area contributed by atoms with E-state index in [0.717, 1.165) is 57.5 Å². The zero-order chi connectivity index (χ0) is 27.7. The van der Waals surface area contributed by atoms with E-state index in [0.29, 0.717) is 12.6 Å². The van der Waals surface area contributed by atoms with Crippen LogP contribution >= 0.6 is 0 Å². The van der Waals surface area contributed by atoms with E-state index in [9.17, 15) is 26.3 Å². The van der Waals surface area contributed by atoms with E-state index in [2.05, 4.69) is 29.7 Å². The van der Waals surface area contributed by atoms with Crippen molar-refractivity contribution in [3.8, 4) is 0 Å². The topological polar surface area (TPSA) is 113 Å². The predicted molar refractivity (Wildman–Crippen MR) is 112 cm³/mol. The normalized spacial score (nSPS) is 21.7. The van der Waals surface area contributed by atoms with Gasteiger partial charge in [0.25, 0.3) is 0 Å². The van der Waals surface area contributed by atoms with Crippen LogP contribution in [0.25, 0.3) is 0 Å². The van der Waals surface area contributed by atoms with Crippen molar-refractivity contribution >= 4 is 11.9 Å². The summed E-state index contributed by atoms with van der Waals surface area (Å²) < 4.78 is 81.2. The molecule has 1 aromatic heterocycles. The van der Waals surface area contributed by atoms with E-state index >= 15 is 0 Å². The van der Waals surface area contributed by atoms with E-state index in [-0.39, 0.29) is 5.60 Å².